The molecule has 0 aliphatic carbocycles. The molecular weight excluding hydrogens is 409 g/mol. The molecule has 6 heteroatoms. The van der Waals surface area contributed by atoms with Crippen molar-refractivity contribution in [3.05, 3.63) is 57.8 Å². The van der Waals surface area contributed by atoms with Gasteiger partial charge in [0.2, 0.25) is 0 Å². The molecule has 0 aliphatic heterocycles. The molecule has 0 bridgehead atoms. The van der Waals surface area contributed by atoms with E-state index in [-0.39, 0.29) is 18.2 Å². The summed E-state index contributed by atoms with van der Waals surface area (Å²) >= 11 is 3.56. The lowest BCUT2D eigenvalue weighted by molar-refractivity contribution is 0.282. The highest BCUT2D eigenvalue weighted by atomic mass is 79.9. The lowest BCUT2D eigenvalue weighted by Gasteiger charge is -2.16. The van der Waals surface area contributed by atoms with Crippen molar-refractivity contribution >= 4 is 28.3 Å². The van der Waals surface area contributed by atoms with Crippen molar-refractivity contribution in [2.45, 2.75) is 39.5 Å². The van der Waals surface area contributed by atoms with Crippen LogP contribution in [0.25, 0.3) is 0 Å². The highest BCUT2D eigenvalue weighted by Crippen LogP contribution is 2.37. The Morgan fingerprint density at radius 3 is 2.44 bits per heavy atom. The summed E-state index contributed by atoms with van der Waals surface area (Å²) in [6, 6.07) is 10.7. The summed E-state index contributed by atoms with van der Waals surface area (Å²) in [4.78, 5) is 0. The molecule has 2 aromatic carbocycles. The highest BCUT2D eigenvalue weighted by Gasteiger charge is 2.12. The van der Waals surface area contributed by atoms with Crippen molar-refractivity contribution in [2.75, 3.05) is 7.11 Å². The van der Waals surface area contributed by atoms with E-state index in [1.54, 1.807) is 19.2 Å². The second kappa shape index (κ2) is 10.6. The van der Waals surface area contributed by atoms with Gasteiger partial charge in [0.05, 0.1) is 11.6 Å². The molecule has 0 spiro atoms. The molecule has 2 rings (SSSR count). The predicted octanol–water partition coefficient (Wildman–Crippen LogP) is 5.49. The molecule has 2 aromatic rings. The largest absolute Gasteiger partial charge is 0.493 e. The minimum Gasteiger partial charge on any atom is -0.493 e. The molecule has 0 saturated carbocycles. The maximum Gasteiger partial charge on any atom is 0.175 e. The Hall–Kier alpha value is -1.30. The molecule has 1 atom stereocenters. The molecule has 1 unspecified atom stereocenters. The van der Waals surface area contributed by atoms with Crippen LogP contribution in [-0.2, 0) is 13.2 Å². The monoisotopic (exact) mass is 431 g/mol. The topological polar surface area (TPSA) is 30.5 Å². The van der Waals surface area contributed by atoms with Crippen LogP contribution in [0.15, 0.2) is 40.9 Å². The molecular formula is C19H24BrClFNO2. The van der Waals surface area contributed by atoms with Gasteiger partial charge in [-0.3, -0.25) is 0 Å². The van der Waals surface area contributed by atoms with E-state index in [1.807, 2.05) is 12.1 Å². The summed E-state index contributed by atoms with van der Waals surface area (Å²) in [6.45, 7) is 5.43. The normalized spacial score (nSPS) is 11.6. The van der Waals surface area contributed by atoms with Gasteiger partial charge in [-0.1, -0.05) is 19.1 Å². The Balaban J connectivity index is 0.00000312. The Morgan fingerprint density at radius 2 is 1.84 bits per heavy atom. The molecule has 0 aliphatic rings. The van der Waals surface area contributed by atoms with Crippen LogP contribution in [0, 0.1) is 5.82 Å². The number of hydrogen-bond donors (Lipinski definition) is 1. The Kier molecular flexibility index (Phi) is 9.25. The number of nitrogens with one attached hydrogen (secondary N) is 1. The fourth-order valence-electron chi connectivity index (χ4n) is 2.19. The van der Waals surface area contributed by atoms with E-state index in [4.69, 9.17) is 9.47 Å². The first-order chi connectivity index (χ1) is 11.5. The van der Waals surface area contributed by atoms with Crippen LogP contribution in [0.4, 0.5) is 4.39 Å². The third-order valence-electron chi connectivity index (χ3n) is 3.85. The van der Waals surface area contributed by atoms with E-state index >= 15 is 0 Å². The van der Waals surface area contributed by atoms with Crippen molar-refractivity contribution in [1.82, 2.24) is 5.32 Å². The number of ether oxygens (including phenoxy) is 2. The lowest BCUT2D eigenvalue weighted by Crippen LogP contribution is -2.24. The van der Waals surface area contributed by atoms with Gasteiger partial charge in [0.1, 0.15) is 12.4 Å². The van der Waals surface area contributed by atoms with Gasteiger partial charge < -0.3 is 14.8 Å². The second-order valence-corrected chi connectivity index (χ2v) is 6.57. The van der Waals surface area contributed by atoms with Gasteiger partial charge in [0.15, 0.2) is 11.5 Å². The third kappa shape index (κ3) is 6.49. The first-order valence-electron chi connectivity index (χ1n) is 8.00. The zero-order chi connectivity index (χ0) is 17.5. The van der Waals surface area contributed by atoms with E-state index in [1.165, 1.54) is 12.1 Å². The Bertz CT molecular complexity index is 667. The van der Waals surface area contributed by atoms with E-state index in [0.717, 1.165) is 28.6 Å². The zero-order valence-electron chi connectivity index (χ0n) is 14.6. The van der Waals surface area contributed by atoms with Gasteiger partial charge >= 0.3 is 0 Å². The number of methoxy groups -OCH3 is 1. The molecule has 0 amide bonds. The SMILES string of the molecule is CCC(C)NCc1cc(Br)c(OCc2ccc(F)cc2)c(OC)c1.Cl. The summed E-state index contributed by atoms with van der Waals surface area (Å²) in [5, 5.41) is 3.46. The molecule has 0 heterocycles. The second-order valence-electron chi connectivity index (χ2n) is 5.71. The Labute approximate surface area is 163 Å². The van der Waals surface area contributed by atoms with Crippen molar-refractivity contribution in [2.24, 2.45) is 0 Å². The van der Waals surface area contributed by atoms with Gasteiger partial charge in [-0.2, -0.15) is 0 Å². The first-order valence-corrected chi connectivity index (χ1v) is 8.79. The van der Waals surface area contributed by atoms with Crippen molar-refractivity contribution in [3.8, 4) is 11.5 Å². The number of rotatable bonds is 8. The molecule has 25 heavy (non-hydrogen) atoms. The maximum atomic E-state index is 13.0. The van der Waals surface area contributed by atoms with Crippen molar-refractivity contribution in [3.63, 3.8) is 0 Å². The molecule has 0 fully saturated rings. The van der Waals surface area contributed by atoms with Crippen LogP contribution in [0.5, 0.6) is 11.5 Å². The number of halogens is 3. The fourth-order valence-corrected chi connectivity index (χ4v) is 2.79. The van der Waals surface area contributed by atoms with Crippen LogP contribution in [0.3, 0.4) is 0 Å². The van der Waals surface area contributed by atoms with Crippen LogP contribution >= 0.6 is 28.3 Å². The van der Waals surface area contributed by atoms with E-state index in [2.05, 4.69) is 35.1 Å². The van der Waals surface area contributed by atoms with Gasteiger partial charge in [-0.05, 0) is 64.7 Å². The summed E-state index contributed by atoms with van der Waals surface area (Å²) in [5.74, 6) is 1.07. The van der Waals surface area contributed by atoms with Crippen molar-refractivity contribution < 1.29 is 13.9 Å². The quantitative estimate of drug-likeness (QED) is 0.598. The molecule has 138 valence electrons. The van der Waals surface area contributed by atoms with E-state index in [0.29, 0.717) is 24.1 Å². The van der Waals surface area contributed by atoms with Crippen LogP contribution in [0.2, 0.25) is 0 Å². The Morgan fingerprint density at radius 1 is 1.16 bits per heavy atom. The average Bonchev–Trinajstić information content (AvgIpc) is 2.59. The first kappa shape index (κ1) is 21.7. The van der Waals surface area contributed by atoms with Gasteiger partial charge in [0, 0.05) is 12.6 Å². The maximum absolute atomic E-state index is 13.0. The zero-order valence-corrected chi connectivity index (χ0v) is 17.0. The van der Waals surface area contributed by atoms with Crippen LogP contribution in [-0.4, -0.2) is 13.2 Å². The number of hydrogen-bond acceptors (Lipinski definition) is 3. The smallest absolute Gasteiger partial charge is 0.175 e. The van der Waals surface area contributed by atoms with Crippen LogP contribution in [0.1, 0.15) is 31.4 Å². The lowest BCUT2D eigenvalue weighted by atomic mass is 10.1. The van der Waals surface area contributed by atoms with E-state index < -0.39 is 0 Å². The molecule has 0 aromatic heterocycles. The van der Waals surface area contributed by atoms with Crippen LogP contribution < -0.4 is 14.8 Å². The summed E-state index contributed by atoms with van der Waals surface area (Å²) < 4.78 is 25.1. The average molecular weight is 433 g/mol. The molecule has 0 saturated heterocycles. The van der Waals surface area contributed by atoms with Gasteiger partial charge in [0.25, 0.3) is 0 Å². The molecule has 1 N–H and O–H groups in total. The summed E-state index contributed by atoms with van der Waals surface area (Å²) in [5.41, 5.74) is 2.01. The fraction of sp³-hybridized carbons (Fsp3) is 0.368. The highest BCUT2D eigenvalue weighted by molar-refractivity contribution is 9.10. The minimum absolute atomic E-state index is 0. The molecule has 3 nitrogen and oxygen atoms in total. The summed E-state index contributed by atoms with van der Waals surface area (Å²) in [6.07, 6.45) is 1.08. The van der Waals surface area contributed by atoms with Gasteiger partial charge in [-0.15, -0.1) is 12.4 Å². The summed E-state index contributed by atoms with van der Waals surface area (Å²) in [7, 11) is 1.62. The number of benzene rings is 2. The van der Waals surface area contributed by atoms with Crippen molar-refractivity contribution in [1.29, 1.82) is 0 Å². The minimum atomic E-state index is -0.254. The van der Waals surface area contributed by atoms with Gasteiger partial charge in [-0.25, -0.2) is 4.39 Å². The van der Waals surface area contributed by atoms with E-state index in [9.17, 15) is 4.39 Å². The third-order valence-corrected chi connectivity index (χ3v) is 4.44. The standard InChI is InChI=1S/C19H23BrFNO2.ClH/c1-4-13(2)22-11-15-9-17(20)19(18(10-15)23-3)24-12-14-5-7-16(21)8-6-14;/h5-10,13,22H,4,11-12H2,1-3H3;1H. The molecule has 0 radical (unpaired) electrons. The predicted molar refractivity (Wildman–Crippen MR) is 105 cm³/mol.